The number of alkyl halides is 3. The van der Waals surface area contributed by atoms with Crippen molar-refractivity contribution in [2.24, 2.45) is 0 Å². The SMILES string of the molecule is COC(=O)c1ccc(C(F)(F)F)c(N(CS(C)(=O)=O)S(=O)O)c1. The molecule has 23 heavy (non-hydrogen) atoms. The zero-order valence-electron chi connectivity index (χ0n) is 11.8. The van der Waals surface area contributed by atoms with Crippen molar-refractivity contribution < 1.29 is 39.9 Å². The third-order valence-corrected chi connectivity index (χ3v) is 4.13. The molecule has 1 aromatic rings. The van der Waals surface area contributed by atoms with Crippen LogP contribution in [0.2, 0.25) is 0 Å². The fourth-order valence-corrected chi connectivity index (χ4v) is 3.45. The number of nitrogens with zero attached hydrogens (tertiary/aromatic N) is 1. The van der Waals surface area contributed by atoms with Crippen LogP contribution in [0.4, 0.5) is 18.9 Å². The fourth-order valence-electron chi connectivity index (χ4n) is 1.63. The van der Waals surface area contributed by atoms with Crippen molar-refractivity contribution in [2.75, 3.05) is 23.5 Å². The standard InChI is InChI=1S/C11H12F3NO6S2/c1-21-10(16)7-3-4-8(11(12,13)14)9(5-7)15(22(17)18)6-23(2,19)20/h3-5H,6H2,1-2H3,(H,17,18). The van der Waals surface area contributed by atoms with Crippen LogP contribution < -0.4 is 4.31 Å². The van der Waals surface area contributed by atoms with Gasteiger partial charge in [0.05, 0.1) is 23.9 Å². The van der Waals surface area contributed by atoms with Gasteiger partial charge in [0.2, 0.25) is 0 Å². The third-order valence-electron chi connectivity index (χ3n) is 2.53. The molecule has 7 nitrogen and oxygen atoms in total. The molecule has 12 heteroatoms. The quantitative estimate of drug-likeness (QED) is 0.617. The van der Waals surface area contributed by atoms with E-state index in [0.29, 0.717) is 18.4 Å². The second-order valence-electron chi connectivity index (χ2n) is 4.39. The molecule has 0 aliphatic carbocycles. The number of halogens is 3. The normalized spacial score (nSPS) is 13.5. The van der Waals surface area contributed by atoms with Gasteiger partial charge in [-0.2, -0.15) is 13.2 Å². The lowest BCUT2D eigenvalue weighted by atomic mass is 10.1. The first-order valence-electron chi connectivity index (χ1n) is 5.72. The van der Waals surface area contributed by atoms with Gasteiger partial charge in [0.15, 0.2) is 9.84 Å². The largest absolute Gasteiger partial charge is 0.465 e. The van der Waals surface area contributed by atoms with Gasteiger partial charge in [0.1, 0.15) is 5.88 Å². The number of benzene rings is 1. The highest BCUT2D eigenvalue weighted by Gasteiger charge is 2.37. The van der Waals surface area contributed by atoms with E-state index < -0.39 is 50.4 Å². The second-order valence-corrected chi connectivity index (χ2v) is 7.40. The molecule has 0 aromatic heterocycles. The summed E-state index contributed by atoms with van der Waals surface area (Å²) in [5.41, 5.74) is -2.62. The van der Waals surface area contributed by atoms with Crippen molar-refractivity contribution in [3.63, 3.8) is 0 Å². The molecule has 0 fully saturated rings. The van der Waals surface area contributed by atoms with Gasteiger partial charge in [-0.1, -0.05) is 0 Å². The van der Waals surface area contributed by atoms with E-state index in [-0.39, 0.29) is 9.87 Å². The topological polar surface area (TPSA) is 101 Å². The third kappa shape index (κ3) is 5.18. The summed E-state index contributed by atoms with van der Waals surface area (Å²) in [6.07, 6.45) is -4.25. The molecular weight excluding hydrogens is 363 g/mol. The van der Waals surface area contributed by atoms with E-state index in [4.69, 9.17) is 4.55 Å². The number of anilines is 1. The Balaban J connectivity index is 3.60. The van der Waals surface area contributed by atoms with Crippen LogP contribution in [0.1, 0.15) is 15.9 Å². The average Bonchev–Trinajstić information content (AvgIpc) is 2.41. The van der Waals surface area contributed by atoms with Gasteiger partial charge in [-0.15, -0.1) is 0 Å². The predicted octanol–water partition coefficient (Wildman–Crippen LogP) is 1.44. The summed E-state index contributed by atoms with van der Waals surface area (Å²) in [4.78, 5) is 11.4. The molecule has 0 saturated heterocycles. The van der Waals surface area contributed by atoms with Gasteiger partial charge >= 0.3 is 12.1 Å². The molecule has 0 aliphatic heterocycles. The zero-order valence-corrected chi connectivity index (χ0v) is 13.5. The van der Waals surface area contributed by atoms with Crippen LogP contribution in [0.25, 0.3) is 0 Å². The Hall–Kier alpha value is -1.66. The van der Waals surface area contributed by atoms with Crippen molar-refractivity contribution in [3.05, 3.63) is 29.3 Å². The summed E-state index contributed by atoms with van der Waals surface area (Å²) < 4.78 is 86.7. The number of carbonyl (C=O) groups is 1. The molecule has 1 unspecified atom stereocenters. The summed E-state index contributed by atoms with van der Waals surface area (Å²) in [7, 11) is -2.93. The summed E-state index contributed by atoms with van der Waals surface area (Å²) >= 11 is -3.07. The minimum Gasteiger partial charge on any atom is -0.465 e. The van der Waals surface area contributed by atoms with Crippen molar-refractivity contribution in [2.45, 2.75) is 6.18 Å². The van der Waals surface area contributed by atoms with E-state index in [9.17, 15) is 30.6 Å². The molecule has 1 N–H and O–H groups in total. The Morgan fingerprint density at radius 2 is 1.96 bits per heavy atom. The van der Waals surface area contributed by atoms with Crippen molar-refractivity contribution in [1.29, 1.82) is 0 Å². The molecule has 0 heterocycles. The summed E-state index contributed by atoms with van der Waals surface area (Å²) in [6.45, 7) is 0. The first-order chi connectivity index (χ1) is 10.4. The lowest BCUT2D eigenvalue weighted by Gasteiger charge is -2.23. The van der Waals surface area contributed by atoms with Crippen molar-refractivity contribution in [1.82, 2.24) is 0 Å². The second kappa shape index (κ2) is 6.84. The molecule has 1 rings (SSSR count). The minimum absolute atomic E-state index is 0.116. The Morgan fingerprint density at radius 3 is 2.35 bits per heavy atom. The molecule has 0 amide bonds. The van der Waals surface area contributed by atoms with E-state index in [1.54, 1.807) is 0 Å². The highest BCUT2D eigenvalue weighted by atomic mass is 32.2. The molecule has 0 aliphatic rings. The first-order valence-corrected chi connectivity index (χ1v) is 8.85. The molecule has 0 bridgehead atoms. The lowest BCUT2D eigenvalue weighted by Crippen LogP contribution is -2.33. The maximum Gasteiger partial charge on any atom is 0.418 e. The van der Waals surface area contributed by atoms with Crippen molar-refractivity contribution >= 4 is 32.8 Å². The van der Waals surface area contributed by atoms with Gasteiger partial charge in [0.25, 0.3) is 11.3 Å². The van der Waals surface area contributed by atoms with Crippen LogP contribution in [0, 0.1) is 0 Å². The van der Waals surface area contributed by atoms with Gasteiger partial charge in [-0.3, -0.25) is 8.86 Å². The molecule has 0 spiro atoms. The summed E-state index contributed by atoms with van der Waals surface area (Å²) in [6, 6.07) is 1.97. The maximum absolute atomic E-state index is 13.0. The lowest BCUT2D eigenvalue weighted by molar-refractivity contribution is -0.137. The van der Waals surface area contributed by atoms with Crippen molar-refractivity contribution in [3.8, 4) is 0 Å². The van der Waals surface area contributed by atoms with Gasteiger partial charge < -0.3 is 4.74 Å². The zero-order chi connectivity index (χ0) is 18.0. The molecule has 0 saturated carbocycles. The Morgan fingerprint density at radius 1 is 1.39 bits per heavy atom. The van der Waals surface area contributed by atoms with Gasteiger partial charge in [-0.05, 0) is 18.2 Å². The Bertz CT molecular complexity index is 732. The maximum atomic E-state index is 13.0. The Kier molecular flexibility index (Phi) is 5.77. The van der Waals surface area contributed by atoms with Gasteiger partial charge in [-0.25, -0.2) is 17.4 Å². The Labute approximate surface area is 132 Å². The van der Waals surface area contributed by atoms with Crippen LogP contribution in [-0.2, 0) is 32.0 Å². The highest BCUT2D eigenvalue weighted by Crippen LogP contribution is 2.37. The minimum atomic E-state index is -4.93. The summed E-state index contributed by atoms with van der Waals surface area (Å²) in [5, 5.41) is 0. The van der Waals surface area contributed by atoms with E-state index in [1.165, 1.54) is 0 Å². The van der Waals surface area contributed by atoms with Crippen LogP contribution in [0.3, 0.4) is 0 Å². The molecule has 130 valence electrons. The number of rotatable bonds is 5. The molecular formula is C11H12F3NO6S2. The van der Waals surface area contributed by atoms with Crippen LogP contribution in [0.5, 0.6) is 0 Å². The first kappa shape index (κ1) is 19.4. The van der Waals surface area contributed by atoms with Crippen LogP contribution in [-0.4, -0.2) is 42.4 Å². The molecule has 1 atom stereocenters. The monoisotopic (exact) mass is 375 g/mol. The predicted molar refractivity (Wildman–Crippen MR) is 75.7 cm³/mol. The number of esters is 1. The van der Waals surface area contributed by atoms with Gasteiger partial charge in [0, 0.05) is 6.26 Å². The van der Waals surface area contributed by atoms with E-state index in [0.717, 1.165) is 13.2 Å². The van der Waals surface area contributed by atoms with E-state index in [2.05, 4.69) is 4.74 Å². The van der Waals surface area contributed by atoms with E-state index >= 15 is 0 Å². The number of hydrogen-bond donors (Lipinski definition) is 1. The number of ether oxygens (including phenoxy) is 1. The highest BCUT2D eigenvalue weighted by molar-refractivity contribution is 7.92. The smallest absolute Gasteiger partial charge is 0.418 e. The van der Waals surface area contributed by atoms with Crippen LogP contribution in [0.15, 0.2) is 18.2 Å². The number of methoxy groups -OCH3 is 1. The van der Waals surface area contributed by atoms with E-state index in [1.807, 2.05) is 0 Å². The number of carbonyl (C=O) groups excluding carboxylic acids is 1. The number of hydrogen-bond acceptors (Lipinski definition) is 5. The summed E-state index contributed by atoms with van der Waals surface area (Å²) in [5.74, 6) is -2.13. The van der Waals surface area contributed by atoms with Crippen LogP contribution >= 0.6 is 0 Å². The number of sulfone groups is 1. The molecule has 1 aromatic carbocycles. The fraction of sp³-hybridized carbons (Fsp3) is 0.364. The molecule has 0 radical (unpaired) electrons. The average molecular weight is 375 g/mol.